The fourth-order valence-electron chi connectivity index (χ4n) is 3.91. The fraction of sp³-hybridized carbons (Fsp3) is 0.812. The Hall–Kier alpha value is -1.59. The maximum absolute atomic E-state index is 12.7. The number of hydrogen-bond donors (Lipinski definition) is 1. The summed E-state index contributed by atoms with van der Waals surface area (Å²) in [5.74, 6) is 0.324. The van der Waals surface area contributed by atoms with Crippen LogP contribution in [0, 0.1) is 5.92 Å². The molecule has 2 heterocycles. The van der Waals surface area contributed by atoms with Crippen molar-refractivity contribution in [2.45, 2.75) is 64.0 Å². The molecule has 4 amide bonds. The van der Waals surface area contributed by atoms with Crippen LogP contribution in [0.5, 0.6) is 0 Å². The van der Waals surface area contributed by atoms with Crippen LogP contribution in [-0.4, -0.2) is 52.3 Å². The van der Waals surface area contributed by atoms with Crippen LogP contribution in [0.3, 0.4) is 0 Å². The van der Waals surface area contributed by atoms with E-state index in [0.717, 1.165) is 43.7 Å². The highest BCUT2D eigenvalue weighted by Gasteiger charge is 2.54. The minimum atomic E-state index is -0.734. The van der Waals surface area contributed by atoms with Gasteiger partial charge in [0.1, 0.15) is 11.6 Å². The lowest BCUT2D eigenvalue weighted by Gasteiger charge is -2.34. The predicted octanol–water partition coefficient (Wildman–Crippen LogP) is 1.50. The monoisotopic (exact) mass is 307 g/mol. The molecule has 3 aliphatic rings. The van der Waals surface area contributed by atoms with E-state index in [1.807, 2.05) is 0 Å². The second kappa shape index (κ2) is 5.56. The van der Waals surface area contributed by atoms with Crippen LogP contribution in [0.1, 0.15) is 52.4 Å². The average molecular weight is 307 g/mol. The lowest BCUT2D eigenvalue weighted by molar-refractivity contribution is -0.143. The van der Waals surface area contributed by atoms with Crippen LogP contribution in [0.15, 0.2) is 0 Å². The second-order valence-corrected chi connectivity index (χ2v) is 7.08. The number of urea groups is 1. The molecule has 3 fully saturated rings. The number of nitrogens with one attached hydrogen (secondary N) is 1. The van der Waals surface area contributed by atoms with Crippen LogP contribution < -0.4 is 5.32 Å². The topological polar surface area (TPSA) is 69.7 Å². The zero-order valence-corrected chi connectivity index (χ0v) is 13.4. The van der Waals surface area contributed by atoms with Crippen molar-refractivity contribution in [2.75, 3.05) is 13.1 Å². The molecule has 2 aliphatic heterocycles. The first-order chi connectivity index (χ1) is 10.4. The minimum Gasteiger partial charge on any atom is -0.341 e. The van der Waals surface area contributed by atoms with Crippen molar-refractivity contribution in [1.82, 2.24) is 15.1 Å². The molecule has 2 saturated heterocycles. The normalized spacial score (nSPS) is 26.6. The Labute approximate surface area is 131 Å². The third kappa shape index (κ3) is 2.38. The summed E-state index contributed by atoms with van der Waals surface area (Å²) in [6, 6.07) is -1.11. The van der Waals surface area contributed by atoms with Crippen LogP contribution >= 0.6 is 0 Å². The average Bonchev–Trinajstić information content (AvgIpc) is 3.05. The highest BCUT2D eigenvalue weighted by Crippen LogP contribution is 2.36. The van der Waals surface area contributed by atoms with Gasteiger partial charge < -0.3 is 10.2 Å². The Bertz CT molecular complexity index is 491. The van der Waals surface area contributed by atoms with Crippen LogP contribution in [0.25, 0.3) is 0 Å². The summed E-state index contributed by atoms with van der Waals surface area (Å²) in [6.07, 6.45) is 5.26. The van der Waals surface area contributed by atoms with Gasteiger partial charge in [0.15, 0.2) is 0 Å². The van der Waals surface area contributed by atoms with Gasteiger partial charge in [0.25, 0.3) is 5.91 Å². The molecule has 0 radical (unpaired) electrons. The lowest BCUT2D eigenvalue weighted by Crippen LogP contribution is -2.52. The zero-order chi connectivity index (χ0) is 15.9. The van der Waals surface area contributed by atoms with E-state index >= 15 is 0 Å². The van der Waals surface area contributed by atoms with Crippen molar-refractivity contribution < 1.29 is 14.4 Å². The Morgan fingerprint density at radius 1 is 1.23 bits per heavy atom. The SMILES string of the molecule is CC1CCN(C(=O)C(C)N2C(=O)NC3(CCCC3)C2=O)CC1. The van der Waals surface area contributed by atoms with Crippen molar-refractivity contribution in [2.24, 2.45) is 5.92 Å². The third-order valence-corrected chi connectivity index (χ3v) is 5.49. The number of nitrogens with zero attached hydrogens (tertiary/aromatic N) is 2. The summed E-state index contributed by atoms with van der Waals surface area (Å²) in [7, 11) is 0. The Morgan fingerprint density at radius 3 is 2.41 bits per heavy atom. The van der Waals surface area contributed by atoms with Crippen molar-refractivity contribution in [3.05, 3.63) is 0 Å². The number of likely N-dealkylation sites (tertiary alicyclic amines) is 1. The predicted molar refractivity (Wildman–Crippen MR) is 81.0 cm³/mol. The summed E-state index contributed by atoms with van der Waals surface area (Å²) < 4.78 is 0. The van der Waals surface area contributed by atoms with E-state index in [2.05, 4.69) is 12.2 Å². The molecule has 1 aliphatic carbocycles. The first-order valence-electron chi connectivity index (χ1n) is 8.39. The van der Waals surface area contributed by atoms with Gasteiger partial charge in [-0.3, -0.25) is 9.59 Å². The van der Waals surface area contributed by atoms with E-state index in [4.69, 9.17) is 0 Å². The Kier molecular flexibility index (Phi) is 3.87. The molecule has 1 atom stereocenters. The highest BCUT2D eigenvalue weighted by molar-refractivity contribution is 6.09. The molecule has 0 aromatic heterocycles. The zero-order valence-electron chi connectivity index (χ0n) is 13.4. The first kappa shape index (κ1) is 15.3. The lowest BCUT2D eigenvalue weighted by atomic mass is 9.97. The van der Waals surface area contributed by atoms with Gasteiger partial charge >= 0.3 is 6.03 Å². The molecule has 3 rings (SSSR count). The van der Waals surface area contributed by atoms with Gasteiger partial charge in [-0.15, -0.1) is 0 Å². The second-order valence-electron chi connectivity index (χ2n) is 7.08. The molecule has 1 saturated carbocycles. The highest BCUT2D eigenvalue weighted by atomic mass is 16.2. The van der Waals surface area contributed by atoms with E-state index in [0.29, 0.717) is 18.8 Å². The van der Waals surface area contributed by atoms with E-state index in [1.54, 1.807) is 11.8 Å². The van der Waals surface area contributed by atoms with Crippen molar-refractivity contribution in [3.8, 4) is 0 Å². The molecule has 1 unspecified atom stereocenters. The maximum Gasteiger partial charge on any atom is 0.325 e. The molecule has 122 valence electrons. The molecule has 0 aromatic carbocycles. The van der Waals surface area contributed by atoms with Crippen molar-refractivity contribution in [1.29, 1.82) is 0 Å². The largest absolute Gasteiger partial charge is 0.341 e. The van der Waals surface area contributed by atoms with Crippen LogP contribution in [0.4, 0.5) is 4.79 Å². The minimum absolute atomic E-state index is 0.106. The smallest absolute Gasteiger partial charge is 0.325 e. The molecule has 0 aromatic rings. The quantitative estimate of drug-likeness (QED) is 0.786. The maximum atomic E-state index is 12.7. The number of amides is 4. The molecule has 6 nitrogen and oxygen atoms in total. The molecular formula is C16H25N3O3. The van der Waals surface area contributed by atoms with Gasteiger partial charge in [-0.1, -0.05) is 19.8 Å². The number of carbonyl (C=O) groups excluding carboxylic acids is 3. The molecule has 1 spiro atoms. The fourth-order valence-corrected chi connectivity index (χ4v) is 3.91. The summed E-state index contributed by atoms with van der Waals surface area (Å²) in [6.45, 7) is 5.30. The van der Waals surface area contributed by atoms with Gasteiger partial charge in [0.2, 0.25) is 5.91 Å². The number of carbonyl (C=O) groups is 3. The summed E-state index contributed by atoms with van der Waals surface area (Å²) in [5.41, 5.74) is -0.734. The van der Waals surface area contributed by atoms with Gasteiger partial charge in [0, 0.05) is 13.1 Å². The Balaban J connectivity index is 1.71. The van der Waals surface area contributed by atoms with Gasteiger partial charge in [-0.2, -0.15) is 0 Å². The molecule has 22 heavy (non-hydrogen) atoms. The van der Waals surface area contributed by atoms with Gasteiger partial charge in [-0.05, 0) is 38.5 Å². The first-order valence-corrected chi connectivity index (χ1v) is 8.39. The molecule has 6 heteroatoms. The van der Waals surface area contributed by atoms with Gasteiger partial charge in [-0.25, -0.2) is 9.69 Å². The standard InChI is InChI=1S/C16H25N3O3/c1-11-5-9-18(10-6-11)13(20)12(2)19-14(21)16(17-15(19)22)7-3-4-8-16/h11-12H,3-10H2,1-2H3,(H,17,22). The van der Waals surface area contributed by atoms with Crippen molar-refractivity contribution in [3.63, 3.8) is 0 Å². The van der Waals surface area contributed by atoms with E-state index in [-0.39, 0.29) is 11.8 Å². The number of piperidine rings is 1. The van der Waals surface area contributed by atoms with Crippen LogP contribution in [0.2, 0.25) is 0 Å². The summed E-state index contributed by atoms with van der Waals surface area (Å²) in [5, 5.41) is 2.84. The van der Waals surface area contributed by atoms with Crippen molar-refractivity contribution >= 4 is 17.8 Å². The van der Waals surface area contributed by atoms with E-state index < -0.39 is 17.6 Å². The summed E-state index contributed by atoms with van der Waals surface area (Å²) >= 11 is 0. The Morgan fingerprint density at radius 2 is 1.82 bits per heavy atom. The molecular weight excluding hydrogens is 282 g/mol. The molecule has 0 bridgehead atoms. The van der Waals surface area contributed by atoms with Gasteiger partial charge in [0.05, 0.1) is 0 Å². The van der Waals surface area contributed by atoms with Crippen LogP contribution in [-0.2, 0) is 9.59 Å². The van der Waals surface area contributed by atoms with E-state index in [1.165, 1.54) is 0 Å². The number of imide groups is 1. The summed E-state index contributed by atoms with van der Waals surface area (Å²) in [4.78, 5) is 40.5. The molecule has 1 N–H and O–H groups in total. The number of hydrogen-bond acceptors (Lipinski definition) is 3. The van der Waals surface area contributed by atoms with E-state index in [9.17, 15) is 14.4 Å². The number of rotatable bonds is 2. The third-order valence-electron chi connectivity index (χ3n) is 5.49.